The van der Waals surface area contributed by atoms with E-state index < -0.39 is 13.9 Å². The van der Waals surface area contributed by atoms with Gasteiger partial charge in [0.1, 0.15) is 11.7 Å². The van der Waals surface area contributed by atoms with Gasteiger partial charge in [0.05, 0.1) is 21.3 Å². The van der Waals surface area contributed by atoms with Crippen molar-refractivity contribution in [1.29, 1.82) is 0 Å². The van der Waals surface area contributed by atoms with Crippen molar-refractivity contribution in [1.82, 2.24) is 0 Å². The van der Waals surface area contributed by atoms with E-state index >= 15 is 0 Å². The maximum atomic E-state index is 6.77. The Bertz CT molecular complexity index is 1210. The number of ether oxygens (including phenoxy) is 3. The van der Waals surface area contributed by atoms with Crippen LogP contribution in [0.4, 0.5) is 0 Å². The Morgan fingerprint density at radius 1 is 1.06 bits per heavy atom. The first kappa shape index (κ1) is 22.5. The Hall–Kier alpha value is -1.98. The molecule has 3 aliphatic carbocycles. The molecule has 0 aromatic heterocycles. The van der Waals surface area contributed by atoms with Gasteiger partial charge in [-0.15, -0.1) is 6.58 Å². The van der Waals surface area contributed by atoms with E-state index in [0.29, 0.717) is 13.2 Å². The van der Waals surface area contributed by atoms with Crippen LogP contribution in [0.25, 0.3) is 5.57 Å². The number of hydrogen-bond donors (Lipinski definition) is 0. The fourth-order valence-corrected chi connectivity index (χ4v) is 9.28. The molecule has 3 fully saturated rings. The van der Waals surface area contributed by atoms with Gasteiger partial charge < -0.3 is 14.2 Å². The molecule has 0 bridgehead atoms. The Balaban J connectivity index is 1.75. The molecule has 2 saturated heterocycles. The topological polar surface area (TPSA) is 27.7 Å². The minimum absolute atomic E-state index is 0.00522. The van der Waals surface area contributed by atoms with E-state index in [0.717, 1.165) is 25.7 Å². The van der Waals surface area contributed by atoms with Crippen LogP contribution >= 0.6 is 0 Å². The summed E-state index contributed by atoms with van der Waals surface area (Å²) in [6.45, 7) is 17.1. The SMILES string of the molecule is C=CC/C1=C(c2ccccc2)/C([Si](C)(C)C)=C2/COC/C2=C2C3=C1CCCC31OC(C)(C)OC/21. The Morgan fingerprint density at radius 2 is 1.79 bits per heavy atom. The molecular formula is C30H36O3Si. The van der Waals surface area contributed by atoms with Crippen LogP contribution in [0.5, 0.6) is 0 Å². The first-order chi connectivity index (χ1) is 16.2. The molecule has 0 amide bonds. The highest BCUT2D eigenvalue weighted by Crippen LogP contribution is 2.65. The molecule has 4 heteroatoms. The summed E-state index contributed by atoms with van der Waals surface area (Å²) in [6.07, 6.45) is 6.18. The molecule has 6 rings (SSSR count). The van der Waals surface area contributed by atoms with Crippen molar-refractivity contribution in [2.75, 3.05) is 13.2 Å². The monoisotopic (exact) mass is 472 g/mol. The molecule has 3 nitrogen and oxygen atoms in total. The number of allylic oxidation sites excluding steroid dienone is 5. The normalized spacial score (nSPS) is 36.3. The number of hydrogen-bond acceptors (Lipinski definition) is 3. The van der Waals surface area contributed by atoms with Crippen LogP contribution in [-0.4, -0.2) is 38.8 Å². The molecule has 0 radical (unpaired) electrons. The highest BCUT2D eigenvalue weighted by Gasteiger charge is 2.68. The third-order valence-corrected chi connectivity index (χ3v) is 10.1. The summed E-state index contributed by atoms with van der Waals surface area (Å²) in [7, 11) is -1.77. The van der Waals surface area contributed by atoms with E-state index in [2.05, 4.69) is 76.5 Å². The van der Waals surface area contributed by atoms with Gasteiger partial charge in [-0.2, -0.15) is 0 Å². The summed E-state index contributed by atoms with van der Waals surface area (Å²) in [4.78, 5) is 0. The molecular weight excluding hydrogens is 436 g/mol. The predicted molar refractivity (Wildman–Crippen MR) is 140 cm³/mol. The van der Waals surface area contributed by atoms with Crippen molar-refractivity contribution in [3.8, 4) is 0 Å². The average Bonchev–Trinajstić information content (AvgIpc) is 3.29. The van der Waals surface area contributed by atoms with Crippen molar-refractivity contribution in [2.24, 2.45) is 0 Å². The molecule has 2 heterocycles. The number of rotatable bonds is 4. The molecule has 5 aliphatic rings. The van der Waals surface area contributed by atoms with E-state index in [1.54, 1.807) is 5.20 Å². The Morgan fingerprint density at radius 3 is 2.50 bits per heavy atom. The van der Waals surface area contributed by atoms with Gasteiger partial charge in [0.15, 0.2) is 5.79 Å². The fraction of sp³-hybridized carbons (Fsp3) is 0.467. The van der Waals surface area contributed by atoms with Crippen molar-refractivity contribution in [3.63, 3.8) is 0 Å². The molecule has 2 aliphatic heterocycles. The second kappa shape index (κ2) is 7.51. The second-order valence-electron chi connectivity index (χ2n) is 11.8. The van der Waals surface area contributed by atoms with E-state index in [-0.39, 0.29) is 11.7 Å². The number of fused-ring (bicyclic) bond motifs is 2. The summed E-state index contributed by atoms with van der Waals surface area (Å²) in [6, 6.07) is 11.0. The summed E-state index contributed by atoms with van der Waals surface area (Å²) >= 11 is 0. The first-order valence-electron chi connectivity index (χ1n) is 12.7. The third-order valence-electron chi connectivity index (χ3n) is 8.05. The molecule has 1 aromatic carbocycles. The summed E-state index contributed by atoms with van der Waals surface area (Å²) < 4.78 is 19.6. The van der Waals surface area contributed by atoms with Gasteiger partial charge in [-0.3, -0.25) is 0 Å². The first-order valence-corrected chi connectivity index (χ1v) is 16.2. The Kier molecular flexibility index (Phi) is 4.96. The third kappa shape index (κ3) is 3.05. The zero-order valence-electron chi connectivity index (χ0n) is 21.2. The van der Waals surface area contributed by atoms with Crippen LogP contribution in [0.3, 0.4) is 0 Å². The summed E-state index contributed by atoms with van der Waals surface area (Å²) in [5.74, 6) is -0.579. The summed E-state index contributed by atoms with van der Waals surface area (Å²) in [5, 5.41) is 1.54. The van der Waals surface area contributed by atoms with Gasteiger partial charge in [-0.05, 0) is 89.3 Å². The lowest BCUT2D eigenvalue weighted by molar-refractivity contribution is -0.153. The smallest absolute Gasteiger partial charge is 0.165 e. The minimum Gasteiger partial charge on any atom is -0.372 e. The van der Waals surface area contributed by atoms with Gasteiger partial charge in [-0.25, -0.2) is 0 Å². The van der Waals surface area contributed by atoms with Crippen LogP contribution in [0, 0.1) is 0 Å². The van der Waals surface area contributed by atoms with Gasteiger partial charge in [-0.1, -0.05) is 56.0 Å². The predicted octanol–water partition coefficient (Wildman–Crippen LogP) is 6.92. The second-order valence-corrected chi connectivity index (χ2v) is 16.8. The Labute approximate surface area is 204 Å². The zero-order chi connectivity index (χ0) is 23.9. The molecule has 1 spiro atoms. The van der Waals surface area contributed by atoms with Gasteiger partial charge in [0, 0.05) is 0 Å². The van der Waals surface area contributed by atoms with Gasteiger partial charge in [0.25, 0.3) is 0 Å². The van der Waals surface area contributed by atoms with Crippen molar-refractivity contribution in [3.05, 3.63) is 87.2 Å². The van der Waals surface area contributed by atoms with Crippen molar-refractivity contribution in [2.45, 2.75) is 76.7 Å². The molecule has 178 valence electrons. The minimum atomic E-state index is -1.77. The number of benzene rings is 1. The van der Waals surface area contributed by atoms with Crippen LogP contribution in [0.2, 0.25) is 19.6 Å². The van der Waals surface area contributed by atoms with Crippen LogP contribution in [0.1, 0.15) is 45.1 Å². The van der Waals surface area contributed by atoms with Crippen molar-refractivity contribution >= 4 is 13.6 Å². The lowest BCUT2D eigenvalue weighted by atomic mass is 9.57. The maximum Gasteiger partial charge on any atom is 0.165 e. The molecule has 2 unspecified atom stereocenters. The van der Waals surface area contributed by atoms with Gasteiger partial charge >= 0.3 is 0 Å². The van der Waals surface area contributed by atoms with E-state index in [4.69, 9.17) is 14.2 Å². The molecule has 0 N–H and O–H groups in total. The molecule has 34 heavy (non-hydrogen) atoms. The molecule has 1 saturated carbocycles. The standard InChI is InChI=1S/C30H36O3Si/c1-7-12-20-21-15-11-16-30-26(21)25(28(30)32-29(2,3)33-30)22-17-31-18-23(22)27(34(4,5)6)24(20)19-13-9-8-10-14-19/h7-10,13-14,28H,1,11-12,15-18H2,2-6H3/b21-20?,24-20-,25-22+,27-23+,27-24?. The fourth-order valence-electron chi connectivity index (χ4n) is 7.11. The van der Waals surface area contributed by atoms with E-state index in [1.165, 1.54) is 44.6 Å². The highest BCUT2D eigenvalue weighted by atomic mass is 28.3. The quantitative estimate of drug-likeness (QED) is 0.352. The lowest BCUT2D eigenvalue weighted by Gasteiger charge is -2.52. The summed E-state index contributed by atoms with van der Waals surface area (Å²) in [5.41, 5.74) is 10.9. The van der Waals surface area contributed by atoms with Crippen LogP contribution < -0.4 is 0 Å². The van der Waals surface area contributed by atoms with E-state index in [9.17, 15) is 0 Å². The average molecular weight is 473 g/mol. The zero-order valence-corrected chi connectivity index (χ0v) is 22.2. The van der Waals surface area contributed by atoms with Crippen LogP contribution in [-0.2, 0) is 14.2 Å². The van der Waals surface area contributed by atoms with Crippen molar-refractivity contribution < 1.29 is 14.2 Å². The maximum absolute atomic E-state index is 6.77. The highest BCUT2D eigenvalue weighted by molar-refractivity contribution is 6.85. The lowest BCUT2D eigenvalue weighted by Crippen LogP contribution is -2.57. The van der Waals surface area contributed by atoms with Crippen LogP contribution in [0.15, 0.2) is 81.6 Å². The molecule has 2 atom stereocenters. The van der Waals surface area contributed by atoms with E-state index in [1.807, 2.05) is 0 Å². The largest absolute Gasteiger partial charge is 0.372 e. The molecule has 1 aromatic rings. The van der Waals surface area contributed by atoms with Gasteiger partial charge in [0.2, 0.25) is 0 Å².